The molecule has 0 unspecified atom stereocenters. The summed E-state index contributed by atoms with van der Waals surface area (Å²) >= 11 is -0.0189. The van der Waals surface area contributed by atoms with E-state index in [1.54, 1.807) is 0 Å². The molecule has 0 spiro atoms. The molecule has 1 heterocycles. The van der Waals surface area contributed by atoms with Crippen LogP contribution in [0.5, 0.6) is 0 Å². The summed E-state index contributed by atoms with van der Waals surface area (Å²) in [5, 5.41) is 5.20. The molecule has 92 valence electrons. The third kappa shape index (κ3) is 2.33. The topological polar surface area (TPSA) is 60.2 Å². The van der Waals surface area contributed by atoms with E-state index in [0.717, 1.165) is 0 Å². The fraction of sp³-hybridized carbons (Fsp3) is 0.333. The lowest BCUT2D eigenvalue weighted by atomic mass is 10.3. The van der Waals surface area contributed by atoms with Gasteiger partial charge in [0.15, 0.2) is 0 Å². The van der Waals surface area contributed by atoms with Gasteiger partial charge in [-0.05, 0) is 6.07 Å². The van der Waals surface area contributed by atoms with Gasteiger partial charge < -0.3 is 0 Å². The van der Waals surface area contributed by atoms with Gasteiger partial charge in [-0.3, -0.25) is 0 Å². The van der Waals surface area contributed by atoms with Crippen molar-refractivity contribution in [3.8, 4) is 0 Å². The summed E-state index contributed by atoms with van der Waals surface area (Å²) in [6.07, 6.45) is -5.77. The van der Waals surface area contributed by atoms with Gasteiger partial charge in [0.1, 0.15) is 0 Å². The van der Waals surface area contributed by atoms with E-state index in [9.17, 15) is 30.4 Å². The average molecular weight is 281 g/mol. The van der Waals surface area contributed by atoms with Gasteiger partial charge in [-0.1, -0.05) is 0 Å². The zero-order valence-electron chi connectivity index (χ0n) is 7.25. The van der Waals surface area contributed by atoms with Crippen LogP contribution in [0.1, 0.15) is 4.88 Å². The van der Waals surface area contributed by atoms with E-state index in [2.05, 4.69) is 5.14 Å². The first-order chi connectivity index (χ1) is 6.96. The molecule has 0 aliphatic carbocycles. The molecular formula is C6H4F5NO2S2. The number of rotatable bonds is 2. The van der Waals surface area contributed by atoms with Crippen LogP contribution >= 0.6 is 11.3 Å². The van der Waals surface area contributed by atoms with Crippen LogP contribution in [0.4, 0.5) is 22.0 Å². The highest BCUT2D eigenvalue weighted by Crippen LogP contribution is 2.46. The molecule has 1 aromatic rings. The Labute approximate surface area is 90.7 Å². The Morgan fingerprint density at radius 3 is 2.00 bits per heavy atom. The third-order valence-electron chi connectivity index (χ3n) is 1.57. The summed E-state index contributed by atoms with van der Waals surface area (Å²) in [5.74, 6) is -5.08. The number of alkyl halides is 5. The number of hydrogen-bond donors (Lipinski definition) is 1. The van der Waals surface area contributed by atoms with E-state index >= 15 is 0 Å². The first-order valence-electron chi connectivity index (χ1n) is 3.52. The van der Waals surface area contributed by atoms with Crippen LogP contribution in [0, 0.1) is 0 Å². The Bertz CT molecular complexity index is 489. The van der Waals surface area contributed by atoms with Gasteiger partial charge in [0, 0.05) is 5.38 Å². The van der Waals surface area contributed by atoms with Crippen molar-refractivity contribution in [3.63, 3.8) is 0 Å². The lowest BCUT2D eigenvalue weighted by molar-refractivity contribution is -0.287. The van der Waals surface area contributed by atoms with Gasteiger partial charge >= 0.3 is 12.1 Å². The molecule has 0 saturated heterocycles. The van der Waals surface area contributed by atoms with Crippen LogP contribution < -0.4 is 5.14 Å². The maximum Gasteiger partial charge on any atom is 0.458 e. The second kappa shape index (κ2) is 3.64. The minimum Gasteiger partial charge on any atom is -0.225 e. The second-order valence-corrected chi connectivity index (χ2v) is 5.24. The number of halogens is 5. The summed E-state index contributed by atoms with van der Waals surface area (Å²) in [6, 6.07) is 0.216. The molecule has 16 heavy (non-hydrogen) atoms. The molecule has 0 aliphatic heterocycles. The fourth-order valence-corrected chi connectivity index (χ4v) is 2.58. The van der Waals surface area contributed by atoms with Gasteiger partial charge in [0.2, 0.25) is 10.0 Å². The van der Waals surface area contributed by atoms with Crippen LogP contribution in [0.25, 0.3) is 0 Å². The van der Waals surface area contributed by atoms with E-state index < -0.39 is 31.9 Å². The van der Waals surface area contributed by atoms with Crippen molar-refractivity contribution in [1.82, 2.24) is 0 Å². The number of hydrogen-bond acceptors (Lipinski definition) is 3. The molecule has 0 fully saturated rings. The highest BCUT2D eigenvalue weighted by atomic mass is 32.2. The van der Waals surface area contributed by atoms with E-state index in [-0.39, 0.29) is 17.4 Å². The quantitative estimate of drug-likeness (QED) is 0.843. The predicted molar refractivity (Wildman–Crippen MR) is 45.6 cm³/mol. The third-order valence-corrected chi connectivity index (χ3v) is 3.61. The van der Waals surface area contributed by atoms with Crippen molar-refractivity contribution in [2.24, 2.45) is 5.14 Å². The largest absolute Gasteiger partial charge is 0.458 e. The Hall–Kier alpha value is -0.740. The number of nitrogens with two attached hydrogens (primary N) is 1. The zero-order valence-corrected chi connectivity index (χ0v) is 8.89. The highest BCUT2D eigenvalue weighted by Gasteiger charge is 2.59. The van der Waals surface area contributed by atoms with Gasteiger partial charge in [0.05, 0.1) is 9.77 Å². The lowest BCUT2D eigenvalue weighted by Gasteiger charge is -2.17. The van der Waals surface area contributed by atoms with E-state index in [0.29, 0.717) is 5.38 Å². The van der Waals surface area contributed by atoms with Crippen LogP contribution in [0.15, 0.2) is 16.3 Å². The van der Waals surface area contributed by atoms with Gasteiger partial charge in [-0.25, -0.2) is 13.6 Å². The molecular weight excluding hydrogens is 277 g/mol. The molecule has 0 amide bonds. The summed E-state index contributed by atoms with van der Waals surface area (Å²) in [5.41, 5.74) is 0. The van der Waals surface area contributed by atoms with Gasteiger partial charge in [0.25, 0.3) is 0 Å². The van der Waals surface area contributed by atoms with Crippen LogP contribution in [0.2, 0.25) is 0 Å². The minimum absolute atomic E-state index is 0.0189. The maximum absolute atomic E-state index is 12.7. The smallest absolute Gasteiger partial charge is 0.225 e. The molecule has 0 bridgehead atoms. The number of thiophene rings is 1. The second-order valence-electron chi connectivity index (χ2n) is 2.76. The molecule has 0 aliphatic rings. The first-order valence-corrected chi connectivity index (χ1v) is 5.95. The maximum atomic E-state index is 12.7. The standard InChI is InChI=1S/C6H4F5NO2S2/c7-5(8,6(9,10)11)4-1-3(2-15-4)16(12,13)14/h1-2H,(H2,12,13,14). The van der Waals surface area contributed by atoms with E-state index in [4.69, 9.17) is 0 Å². The average Bonchev–Trinajstić information content (AvgIpc) is 2.47. The van der Waals surface area contributed by atoms with Gasteiger partial charge in [-0.15, -0.1) is 11.3 Å². The number of sulfonamides is 1. The van der Waals surface area contributed by atoms with Crippen molar-refractivity contribution in [3.05, 3.63) is 16.3 Å². The minimum atomic E-state index is -5.77. The summed E-state index contributed by atoms with van der Waals surface area (Å²) in [4.78, 5) is -2.18. The van der Waals surface area contributed by atoms with Crippen LogP contribution in [-0.2, 0) is 15.9 Å². The summed E-state index contributed by atoms with van der Waals surface area (Å²) in [6.45, 7) is 0. The Morgan fingerprint density at radius 1 is 1.19 bits per heavy atom. The molecule has 0 aromatic carbocycles. The van der Waals surface area contributed by atoms with Crippen LogP contribution in [-0.4, -0.2) is 14.6 Å². The van der Waals surface area contributed by atoms with Crippen molar-refractivity contribution < 1.29 is 30.4 Å². The molecule has 1 rings (SSSR count). The van der Waals surface area contributed by atoms with Crippen molar-refractivity contribution >= 4 is 21.4 Å². The van der Waals surface area contributed by atoms with Crippen molar-refractivity contribution in [2.75, 3.05) is 0 Å². The molecule has 3 nitrogen and oxygen atoms in total. The van der Waals surface area contributed by atoms with E-state index in [1.165, 1.54) is 0 Å². The molecule has 10 heteroatoms. The number of primary sulfonamides is 1. The van der Waals surface area contributed by atoms with Crippen molar-refractivity contribution in [2.45, 2.75) is 17.0 Å². The Balaban J connectivity index is 3.23. The predicted octanol–water partition coefficient (Wildman–Crippen LogP) is 2.05. The molecule has 1 aromatic heterocycles. The summed E-state index contributed by atoms with van der Waals surface area (Å²) in [7, 11) is -4.28. The monoisotopic (exact) mass is 281 g/mol. The highest BCUT2D eigenvalue weighted by molar-refractivity contribution is 7.89. The Kier molecular flexibility index (Phi) is 3.03. The van der Waals surface area contributed by atoms with Crippen LogP contribution in [0.3, 0.4) is 0 Å². The normalized spacial score (nSPS) is 14.1. The summed E-state index contributed by atoms with van der Waals surface area (Å²) < 4.78 is 82.5. The molecule has 0 radical (unpaired) electrons. The molecule has 2 N–H and O–H groups in total. The van der Waals surface area contributed by atoms with Crippen molar-refractivity contribution in [1.29, 1.82) is 0 Å². The first kappa shape index (κ1) is 13.3. The zero-order chi connectivity index (χ0) is 12.8. The molecule has 0 atom stereocenters. The fourth-order valence-electron chi connectivity index (χ4n) is 0.772. The molecule has 0 saturated carbocycles. The van der Waals surface area contributed by atoms with E-state index in [1.807, 2.05) is 0 Å². The van der Waals surface area contributed by atoms with Gasteiger partial charge in [-0.2, -0.15) is 22.0 Å². The lowest BCUT2D eigenvalue weighted by Crippen LogP contribution is -2.32. The SMILES string of the molecule is NS(=O)(=O)c1csc(C(F)(F)C(F)(F)F)c1. The Morgan fingerprint density at radius 2 is 1.69 bits per heavy atom.